The van der Waals surface area contributed by atoms with Gasteiger partial charge < -0.3 is 9.88 Å². The van der Waals surface area contributed by atoms with Crippen LogP contribution in [0.5, 0.6) is 0 Å². The van der Waals surface area contributed by atoms with Gasteiger partial charge in [0.15, 0.2) is 0 Å². The van der Waals surface area contributed by atoms with Gasteiger partial charge in [0.1, 0.15) is 12.4 Å². The molecule has 32 heavy (non-hydrogen) atoms. The molecule has 0 fully saturated rings. The highest BCUT2D eigenvalue weighted by Crippen LogP contribution is 2.33. The number of aromatic nitrogens is 3. The van der Waals surface area contributed by atoms with Gasteiger partial charge in [0.05, 0.1) is 12.2 Å². The lowest BCUT2D eigenvalue weighted by molar-refractivity contribution is -0.124. The molecule has 7 nitrogen and oxygen atoms in total. The predicted octanol–water partition coefficient (Wildman–Crippen LogP) is 3.75. The largest absolute Gasteiger partial charge is 0.350 e. The van der Waals surface area contributed by atoms with E-state index in [4.69, 9.17) is 16.7 Å². The number of carbonyl (C=O) groups excluding carboxylic acids is 2. The second-order valence-electron chi connectivity index (χ2n) is 7.88. The van der Waals surface area contributed by atoms with Crippen LogP contribution in [0, 0.1) is 0 Å². The molecule has 5 rings (SSSR count). The van der Waals surface area contributed by atoms with E-state index < -0.39 is 0 Å². The van der Waals surface area contributed by atoms with Crippen molar-refractivity contribution in [3.63, 3.8) is 0 Å². The van der Waals surface area contributed by atoms with Crippen LogP contribution in [-0.2, 0) is 29.7 Å². The van der Waals surface area contributed by atoms with E-state index in [1.165, 1.54) is 4.90 Å². The van der Waals surface area contributed by atoms with Gasteiger partial charge in [0, 0.05) is 53.8 Å². The molecule has 0 bridgehead atoms. The van der Waals surface area contributed by atoms with Gasteiger partial charge in [0.25, 0.3) is 0 Å². The van der Waals surface area contributed by atoms with Gasteiger partial charge in [-0.05, 0) is 17.7 Å². The number of aryl methyl sites for hydroxylation is 2. The topological polar surface area (TPSA) is 72.2 Å². The Balaban J connectivity index is 1.39. The molecule has 0 saturated heterocycles. The van der Waals surface area contributed by atoms with Crippen molar-refractivity contribution in [3.8, 4) is 11.3 Å². The molecule has 0 unspecified atom stereocenters. The van der Waals surface area contributed by atoms with Crippen molar-refractivity contribution in [1.29, 1.82) is 0 Å². The summed E-state index contributed by atoms with van der Waals surface area (Å²) in [6.07, 6.45) is 2.35. The Kier molecular flexibility index (Phi) is 5.19. The maximum Gasteiger partial charge on any atom is 0.240 e. The Morgan fingerprint density at radius 1 is 1.16 bits per heavy atom. The first kappa shape index (κ1) is 20.3. The van der Waals surface area contributed by atoms with Crippen LogP contribution in [0.1, 0.15) is 12.0 Å². The quantitative estimate of drug-likeness (QED) is 0.506. The second-order valence-corrected chi connectivity index (χ2v) is 8.29. The summed E-state index contributed by atoms with van der Waals surface area (Å²) < 4.78 is 3.87. The smallest absolute Gasteiger partial charge is 0.240 e. The monoisotopic (exact) mass is 447 g/mol. The molecule has 1 aliphatic rings. The van der Waals surface area contributed by atoms with Gasteiger partial charge >= 0.3 is 0 Å². The van der Waals surface area contributed by atoms with Gasteiger partial charge in [0.2, 0.25) is 11.8 Å². The van der Waals surface area contributed by atoms with Gasteiger partial charge in [-0.15, -0.1) is 0 Å². The molecular weight excluding hydrogens is 426 g/mol. The summed E-state index contributed by atoms with van der Waals surface area (Å²) >= 11 is 6.16. The van der Waals surface area contributed by atoms with Crippen LogP contribution in [0.4, 0.5) is 5.82 Å². The maximum atomic E-state index is 12.7. The normalized spacial score (nSPS) is 13.4. The lowest BCUT2D eigenvalue weighted by Crippen LogP contribution is -2.44. The molecule has 0 spiro atoms. The molecule has 8 heteroatoms. The summed E-state index contributed by atoms with van der Waals surface area (Å²) in [7, 11) is 2.00. The average molecular weight is 448 g/mol. The molecule has 0 atom stereocenters. The fraction of sp³-hybridized carbons (Fsp3) is 0.208. The van der Waals surface area contributed by atoms with Crippen LogP contribution in [0.15, 0.2) is 60.8 Å². The predicted molar refractivity (Wildman–Crippen MR) is 124 cm³/mol. The third-order valence-corrected chi connectivity index (χ3v) is 6.15. The highest BCUT2D eigenvalue weighted by molar-refractivity contribution is 6.31. The molecule has 0 radical (unpaired) electrons. The third kappa shape index (κ3) is 3.65. The SMILES string of the molecule is Cn1cc(-c2cc3n(n2)CCC(=O)N3CC(=O)NCc2ccccc2Cl)c2ccccc21. The van der Waals surface area contributed by atoms with E-state index in [1.54, 1.807) is 10.7 Å². The zero-order valence-corrected chi connectivity index (χ0v) is 18.3. The number of nitrogens with zero attached hydrogens (tertiary/aromatic N) is 4. The number of nitrogens with one attached hydrogen (secondary N) is 1. The summed E-state index contributed by atoms with van der Waals surface area (Å²) in [5.74, 6) is 0.298. The van der Waals surface area contributed by atoms with Crippen molar-refractivity contribution in [2.45, 2.75) is 19.5 Å². The van der Waals surface area contributed by atoms with Crippen LogP contribution in [0.3, 0.4) is 0 Å². The Hall–Kier alpha value is -3.58. The van der Waals surface area contributed by atoms with Crippen molar-refractivity contribution in [2.24, 2.45) is 7.05 Å². The van der Waals surface area contributed by atoms with Crippen LogP contribution in [0.25, 0.3) is 22.2 Å². The molecule has 162 valence electrons. The van der Waals surface area contributed by atoms with Crippen LogP contribution < -0.4 is 10.2 Å². The van der Waals surface area contributed by atoms with E-state index in [-0.39, 0.29) is 18.4 Å². The lowest BCUT2D eigenvalue weighted by Gasteiger charge is -2.26. The molecule has 3 heterocycles. The Morgan fingerprint density at radius 2 is 1.94 bits per heavy atom. The van der Waals surface area contributed by atoms with Crippen LogP contribution in [0.2, 0.25) is 5.02 Å². The van der Waals surface area contributed by atoms with Gasteiger partial charge in [-0.25, -0.2) is 4.68 Å². The number of hydrogen-bond acceptors (Lipinski definition) is 3. The minimum absolute atomic E-state index is 0.0655. The average Bonchev–Trinajstić information content (AvgIpc) is 3.37. The molecule has 0 saturated carbocycles. The Bertz CT molecular complexity index is 1340. The number of halogens is 1. The first-order chi connectivity index (χ1) is 15.5. The lowest BCUT2D eigenvalue weighted by atomic mass is 10.1. The number of benzene rings is 2. The van der Waals surface area contributed by atoms with Gasteiger partial charge in [-0.3, -0.25) is 14.5 Å². The van der Waals surface area contributed by atoms with Crippen molar-refractivity contribution < 1.29 is 9.59 Å². The van der Waals surface area contributed by atoms with Gasteiger partial charge in [-0.1, -0.05) is 48.0 Å². The Labute approximate surface area is 190 Å². The van der Waals surface area contributed by atoms with Crippen LogP contribution >= 0.6 is 11.6 Å². The van der Waals surface area contributed by atoms with E-state index in [2.05, 4.69) is 22.0 Å². The summed E-state index contributed by atoms with van der Waals surface area (Å²) in [4.78, 5) is 26.8. The molecule has 2 aromatic heterocycles. The summed E-state index contributed by atoms with van der Waals surface area (Å²) in [6.45, 7) is 0.738. The summed E-state index contributed by atoms with van der Waals surface area (Å²) in [5, 5.41) is 9.29. The highest BCUT2D eigenvalue weighted by atomic mass is 35.5. The number of rotatable bonds is 5. The number of hydrogen-bond donors (Lipinski definition) is 1. The maximum absolute atomic E-state index is 12.7. The first-order valence-electron chi connectivity index (χ1n) is 10.4. The minimum Gasteiger partial charge on any atom is -0.350 e. The molecular formula is C24H22ClN5O2. The van der Waals surface area contributed by atoms with E-state index >= 15 is 0 Å². The van der Waals surface area contributed by atoms with Crippen molar-refractivity contribution in [1.82, 2.24) is 19.7 Å². The zero-order chi connectivity index (χ0) is 22.2. The number of para-hydroxylation sites is 1. The van der Waals surface area contributed by atoms with Crippen molar-refractivity contribution in [2.75, 3.05) is 11.4 Å². The number of amides is 2. The van der Waals surface area contributed by atoms with Crippen molar-refractivity contribution in [3.05, 3.63) is 71.4 Å². The fourth-order valence-electron chi connectivity index (χ4n) is 4.13. The van der Waals surface area contributed by atoms with E-state index in [0.717, 1.165) is 27.7 Å². The highest BCUT2D eigenvalue weighted by Gasteiger charge is 2.28. The standard InChI is InChI=1S/C24H22ClN5O2/c1-28-14-18(17-7-3-5-9-21(17)28)20-12-23-29(24(32)10-11-30(23)27-20)15-22(31)26-13-16-6-2-4-8-19(16)25/h2-9,12,14H,10-11,13,15H2,1H3,(H,26,31). The summed E-state index contributed by atoms with van der Waals surface area (Å²) in [6, 6.07) is 17.4. The molecule has 0 aliphatic carbocycles. The number of fused-ring (bicyclic) bond motifs is 2. The summed E-state index contributed by atoms with van der Waals surface area (Å²) in [5.41, 5.74) is 3.73. The van der Waals surface area contributed by atoms with E-state index in [1.807, 2.05) is 49.6 Å². The van der Waals surface area contributed by atoms with Gasteiger partial charge in [-0.2, -0.15) is 5.10 Å². The molecule has 1 aliphatic heterocycles. The molecule has 2 amide bonds. The fourth-order valence-corrected chi connectivity index (χ4v) is 4.34. The number of carbonyl (C=O) groups is 2. The third-order valence-electron chi connectivity index (χ3n) is 5.78. The number of anilines is 1. The second kappa shape index (κ2) is 8.16. The van der Waals surface area contributed by atoms with Crippen molar-refractivity contribution >= 4 is 40.1 Å². The zero-order valence-electron chi connectivity index (χ0n) is 17.6. The molecule has 2 aromatic carbocycles. The minimum atomic E-state index is -0.250. The Morgan fingerprint density at radius 3 is 2.78 bits per heavy atom. The molecule has 1 N–H and O–H groups in total. The molecule has 4 aromatic rings. The van der Waals surface area contributed by atoms with Crippen LogP contribution in [-0.4, -0.2) is 32.7 Å². The van der Waals surface area contributed by atoms with E-state index in [9.17, 15) is 9.59 Å². The van der Waals surface area contributed by atoms with E-state index in [0.29, 0.717) is 30.4 Å². The first-order valence-corrected chi connectivity index (χ1v) is 10.8.